The molecule has 1 heterocycles. The molecule has 6 heteroatoms. The summed E-state index contributed by atoms with van der Waals surface area (Å²) in [6, 6.07) is 17.8. The molecule has 0 radical (unpaired) electrons. The highest BCUT2D eigenvalue weighted by Crippen LogP contribution is 2.37. The molecule has 0 atom stereocenters. The van der Waals surface area contributed by atoms with Crippen LogP contribution in [-0.2, 0) is 4.74 Å². The molecule has 31 heavy (non-hydrogen) atoms. The van der Waals surface area contributed by atoms with Crippen molar-refractivity contribution in [3.8, 4) is 11.5 Å². The molecule has 1 saturated heterocycles. The van der Waals surface area contributed by atoms with E-state index in [1.165, 1.54) is 0 Å². The van der Waals surface area contributed by atoms with Crippen LogP contribution in [0.4, 0.5) is 11.4 Å². The maximum atomic E-state index is 12.8. The number of carbonyl (C=O) groups excluding carboxylic acids is 1. The summed E-state index contributed by atoms with van der Waals surface area (Å²) in [5.41, 5.74) is 2.60. The first-order valence-electron chi connectivity index (χ1n) is 10.6. The van der Waals surface area contributed by atoms with Gasteiger partial charge in [0.1, 0.15) is 11.5 Å². The molecule has 0 unspecified atom stereocenters. The molecule has 0 aliphatic carbocycles. The van der Waals surface area contributed by atoms with Gasteiger partial charge in [0.25, 0.3) is 0 Å². The van der Waals surface area contributed by atoms with E-state index in [4.69, 9.17) is 14.2 Å². The first-order valence-corrected chi connectivity index (χ1v) is 10.6. The van der Waals surface area contributed by atoms with Gasteiger partial charge in [-0.25, -0.2) is 4.79 Å². The fourth-order valence-electron chi connectivity index (χ4n) is 4.27. The number of hydrogen-bond acceptors (Lipinski definition) is 6. The Labute approximate surface area is 182 Å². The molecule has 1 aliphatic heterocycles. The van der Waals surface area contributed by atoms with Crippen molar-refractivity contribution in [3.05, 3.63) is 60.2 Å². The Morgan fingerprint density at radius 1 is 0.806 bits per heavy atom. The normalized spacial score (nSPS) is 13.9. The lowest BCUT2D eigenvalue weighted by molar-refractivity contribution is 0.0527. The number of carbonyl (C=O) groups is 1. The van der Waals surface area contributed by atoms with Crippen molar-refractivity contribution in [1.82, 2.24) is 0 Å². The number of piperazine rings is 1. The number of hydrogen-bond donors (Lipinski definition) is 0. The summed E-state index contributed by atoms with van der Waals surface area (Å²) in [4.78, 5) is 17.4. The topological polar surface area (TPSA) is 51.2 Å². The van der Waals surface area contributed by atoms with Crippen LogP contribution in [0.3, 0.4) is 0 Å². The molecule has 0 amide bonds. The highest BCUT2D eigenvalue weighted by atomic mass is 16.5. The lowest BCUT2D eigenvalue weighted by atomic mass is 10.0. The Balaban J connectivity index is 1.70. The number of fused-ring (bicyclic) bond motifs is 1. The third-order valence-corrected chi connectivity index (χ3v) is 5.73. The molecule has 0 saturated carbocycles. The van der Waals surface area contributed by atoms with Gasteiger partial charge in [0, 0.05) is 37.0 Å². The maximum absolute atomic E-state index is 12.8. The van der Waals surface area contributed by atoms with E-state index in [9.17, 15) is 4.79 Å². The lowest BCUT2D eigenvalue weighted by Gasteiger charge is -2.38. The van der Waals surface area contributed by atoms with E-state index in [1.807, 2.05) is 55.5 Å². The van der Waals surface area contributed by atoms with E-state index in [-0.39, 0.29) is 5.97 Å². The Kier molecular flexibility index (Phi) is 6.16. The molecule has 1 fully saturated rings. The summed E-state index contributed by atoms with van der Waals surface area (Å²) >= 11 is 0. The maximum Gasteiger partial charge on any atom is 0.340 e. The SMILES string of the molecule is CCOC(=O)c1ccc2c(OC)cccc2c1N1CCN(c2ccccc2OC)CC1. The molecule has 162 valence electrons. The number of rotatable bonds is 6. The van der Waals surface area contributed by atoms with Crippen LogP contribution >= 0.6 is 0 Å². The number of para-hydroxylation sites is 2. The average molecular weight is 421 g/mol. The van der Waals surface area contributed by atoms with Crippen LogP contribution in [0.1, 0.15) is 17.3 Å². The molecule has 0 spiro atoms. The van der Waals surface area contributed by atoms with Crippen molar-refractivity contribution in [3.63, 3.8) is 0 Å². The zero-order valence-electron chi connectivity index (χ0n) is 18.3. The van der Waals surface area contributed by atoms with Gasteiger partial charge < -0.3 is 24.0 Å². The molecule has 0 bridgehead atoms. The summed E-state index contributed by atoms with van der Waals surface area (Å²) in [7, 11) is 3.36. The Hall–Kier alpha value is -3.41. The molecule has 6 nitrogen and oxygen atoms in total. The van der Waals surface area contributed by atoms with E-state index < -0.39 is 0 Å². The van der Waals surface area contributed by atoms with Gasteiger partial charge in [0.05, 0.1) is 37.8 Å². The van der Waals surface area contributed by atoms with Gasteiger partial charge >= 0.3 is 5.97 Å². The quantitative estimate of drug-likeness (QED) is 0.553. The van der Waals surface area contributed by atoms with Crippen LogP contribution in [0, 0.1) is 0 Å². The van der Waals surface area contributed by atoms with Crippen molar-refractivity contribution in [2.45, 2.75) is 6.92 Å². The molecular formula is C25H28N2O4. The van der Waals surface area contributed by atoms with Crippen LogP contribution in [0.15, 0.2) is 54.6 Å². The smallest absolute Gasteiger partial charge is 0.340 e. The molecular weight excluding hydrogens is 392 g/mol. The minimum absolute atomic E-state index is 0.297. The predicted octanol–water partition coefficient (Wildman–Crippen LogP) is 4.36. The average Bonchev–Trinajstić information content (AvgIpc) is 2.83. The van der Waals surface area contributed by atoms with Crippen molar-refractivity contribution in [2.75, 3.05) is 56.8 Å². The Bertz CT molecular complexity index is 1070. The fraction of sp³-hybridized carbons (Fsp3) is 0.320. The number of benzene rings is 3. The van der Waals surface area contributed by atoms with E-state index in [0.29, 0.717) is 12.2 Å². The molecule has 0 N–H and O–H groups in total. The highest BCUT2D eigenvalue weighted by Gasteiger charge is 2.26. The van der Waals surface area contributed by atoms with Crippen molar-refractivity contribution in [1.29, 1.82) is 0 Å². The standard InChI is InChI=1S/C25H28N2O4/c1-4-31-25(28)20-13-12-18-19(8-7-11-22(18)29-2)24(20)27-16-14-26(15-17-27)21-9-5-6-10-23(21)30-3/h5-13H,4,14-17H2,1-3H3. The van der Waals surface area contributed by atoms with Gasteiger partial charge in [-0.1, -0.05) is 24.3 Å². The largest absolute Gasteiger partial charge is 0.496 e. The number of methoxy groups -OCH3 is 2. The minimum atomic E-state index is -0.297. The van der Waals surface area contributed by atoms with E-state index in [0.717, 1.165) is 59.8 Å². The van der Waals surface area contributed by atoms with Gasteiger partial charge in [-0.15, -0.1) is 0 Å². The molecule has 3 aromatic rings. The van der Waals surface area contributed by atoms with Crippen LogP contribution in [0.25, 0.3) is 10.8 Å². The fourth-order valence-corrected chi connectivity index (χ4v) is 4.27. The zero-order chi connectivity index (χ0) is 21.8. The van der Waals surface area contributed by atoms with Gasteiger partial charge in [-0.2, -0.15) is 0 Å². The van der Waals surface area contributed by atoms with Gasteiger partial charge in [-0.3, -0.25) is 0 Å². The van der Waals surface area contributed by atoms with Crippen LogP contribution in [0.2, 0.25) is 0 Å². The molecule has 1 aliphatic rings. The second-order valence-electron chi connectivity index (χ2n) is 7.38. The first-order chi connectivity index (χ1) is 15.2. The van der Waals surface area contributed by atoms with Crippen molar-refractivity contribution in [2.24, 2.45) is 0 Å². The summed E-state index contributed by atoms with van der Waals surface area (Å²) < 4.78 is 16.5. The van der Waals surface area contributed by atoms with Gasteiger partial charge in [0.2, 0.25) is 0 Å². The van der Waals surface area contributed by atoms with E-state index >= 15 is 0 Å². The van der Waals surface area contributed by atoms with Crippen molar-refractivity contribution < 1.29 is 19.0 Å². The monoisotopic (exact) mass is 420 g/mol. The van der Waals surface area contributed by atoms with Gasteiger partial charge in [0.15, 0.2) is 0 Å². The third-order valence-electron chi connectivity index (χ3n) is 5.73. The first kappa shape index (κ1) is 20.8. The van der Waals surface area contributed by atoms with Crippen LogP contribution < -0.4 is 19.3 Å². The second kappa shape index (κ2) is 9.16. The molecule has 3 aromatic carbocycles. The summed E-state index contributed by atoms with van der Waals surface area (Å²) in [6.45, 7) is 5.37. The molecule has 0 aromatic heterocycles. The third kappa shape index (κ3) is 3.98. The summed E-state index contributed by atoms with van der Waals surface area (Å²) in [5.74, 6) is 1.37. The summed E-state index contributed by atoms with van der Waals surface area (Å²) in [6.07, 6.45) is 0. The minimum Gasteiger partial charge on any atom is -0.496 e. The van der Waals surface area contributed by atoms with Crippen LogP contribution in [-0.4, -0.2) is 53.0 Å². The van der Waals surface area contributed by atoms with E-state index in [1.54, 1.807) is 14.2 Å². The number of nitrogens with zero attached hydrogens (tertiary/aromatic N) is 2. The summed E-state index contributed by atoms with van der Waals surface area (Å²) in [5, 5.41) is 1.98. The lowest BCUT2D eigenvalue weighted by Crippen LogP contribution is -2.47. The van der Waals surface area contributed by atoms with E-state index in [2.05, 4.69) is 15.9 Å². The van der Waals surface area contributed by atoms with Gasteiger partial charge in [-0.05, 0) is 37.3 Å². The Morgan fingerprint density at radius 3 is 2.19 bits per heavy atom. The molecule has 4 rings (SSSR count). The number of esters is 1. The zero-order valence-corrected chi connectivity index (χ0v) is 18.3. The van der Waals surface area contributed by atoms with Crippen molar-refractivity contribution >= 4 is 28.1 Å². The predicted molar refractivity (Wildman–Crippen MR) is 124 cm³/mol. The second-order valence-corrected chi connectivity index (χ2v) is 7.38. The highest BCUT2D eigenvalue weighted by molar-refractivity contribution is 6.08. The van der Waals surface area contributed by atoms with Crippen LogP contribution in [0.5, 0.6) is 11.5 Å². The number of ether oxygens (including phenoxy) is 3. The number of anilines is 2. The Morgan fingerprint density at radius 2 is 1.48 bits per heavy atom.